The number of fused-ring (bicyclic) bond motifs is 1. The monoisotopic (exact) mass is 485 g/mol. The van der Waals surface area contributed by atoms with Crippen LogP contribution in [0.1, 0.15) is 56.2 Å². The molecule has 1 aromatic rings. The number of hydrogen-bond donors (Lipinski definition) is 3. The van der Waals surface area contributed by atoms with E-state index in [1.165, 1.54) is 0 Å². The van der Waals surface area contributed by atoms with Gasteiger partial charge in [-0.2, -0.15) is 4.90 Å². The number of carbonyl (C=O) groups is 3. The van der Waals surface area contributed by atoms with Gasteiger partial charge in [-0.3, -0.25) is 9.59 Å². The van der Waals surface area contributed by atoms with Gasteiger partial charge in [0.15, 0.2) is 0 Å². The molecule has 3 amide bonds. The van der Waals surface area contributed by atoms with Crippen LogP contribution in [0.4, 0.5) is 4.79 Å². The molecule has 1 aliphatic carbocycles. The first-order valence-electron chi connectivity index (χ1n) is 12.0. The zero-order valence-electron chi connectivity index (χ0n) is 21.0. The molecule has 0 aromatic heterocycles. The molecule has 1 aliphatic heterocycles. The summed E-state index contributed by atoms with van der Waals surface area (Å²) in [7, 11) is 1.10. The fraction of sp³-hybridized carbons (Fsp3) is 0.519. The molecule has 3 N–H and O–H groups in total. The molecular formula is C27H35NO7. The van der Waals surface area contributed by atoms with Gasteiger partial charge in [0.25, 0.3) is 0 Å². The Balaban J connectivity index is 1.81. The summed E-state index contributed by atoms with van der Waals surface area (Å²) in [4.78, 5) is 38.2. The molecule has 1 aromatic carbocycles. The first-order valence-corrected chi connectivity index (χ1v) is 12.0. The van der Waals surface area contributed by atoms with Crippen LogP contribution in [0.3, 0.4) is 0 Å². The maximum absolute atomic E-state index is 13.0. The number of methoxy groups -OCH3 is 1. The quantitative estimate of drug-likeness (QED) is 0.398. The van der Waals surface area contributed by atoms with Crippen LogP contribution in [0.5, 0.6) is 5.75 Å². The average molecular weight is 486 g/mol. The third-order valence-electron chi connectivity index (χ3n) is 7.32. The number of ether oxygens (including phenoxy) is 1. The summed E-state index contributed by atoms with van der Waals surface area (Å²) >= 11 is 0. The van der Waals surface area contributed by atoms with E-state index >= 15 is 0 Å². The van der Waals surface area contributed by atoms with Gasteiger partial charge in [0.2, 0.25) is 11.8 Å². The van der Waals surface area contributed by atoms with Crippen molar-refractivity contribution < 1.29 is 34.4 Å². The summed E-state index contributed by atoms with van der Waals surface area (Å²) in [5.41, 5.74) is 5.03. The highest BCUT2D eigenvalue weighted by atomic mass is 16.5. The standard InChI is InChI=1S/C27H35NO7/c1-6-17(12-18-9-15(3)24(31)16(4)10-18)7-8-21(30)22-14(2)11-19-23(20(22)13-29)26(33)28(25(19)32)27(34)35-5/h9-10,12,19-21,23,29-31H,6-8,11,13H2,1-5H3/b17-12+/t19-,20+,21-,23-/m1/s1. The van der Waals surface area contributed by atoms with Crippen LogP contribution < -0.4 is 0 Å². The second kappa shape index (κ2) is 10.7. The number of imide groups is 3. The zero-order chi connectivity index (χ0) is 26.0. The van der Waals surface area contributed by atoms with Gasteiger partial charge in [0, 0.05) is 5.92 Å². The summed E-state index contributed by atoms with van der Waals surface area (Å²) in [6.45, 7) is 7.13. The summed E-state index contributed by atoms with van der Waals surface area (Å²) < 4.78 is 4.60. The van der Waals surface area contributed by atoms with E-state index in [1.807, 2.05) is 32.9 Å². The topological polar surface area (TPSA) is 124 Å². The first kappa shape index (κ1) is 26.6. The Kier molecular flexibility index (Phi) is 8.18. The van der Waals surface area contributed by atoms with Gasteiger partial charge in [0.1, 0.15) is 5.75 Å². The maximum atomic E-state index is 13.0. The van der Waals surface area contributed by atoms with Crippen molar-refractivity contribution in [3.05, 3.63) is 45.5 Å². The van der Waals surface area contributed by atoms with Crippen LogP contribution in [0, 0.1) is 31.6 Å². The Morgan fingerprint density at radius 2 is 1.83 bits per heavy atom. The van der Waals surface area contributed by atoms with Crippen molar-refractivity contribution in [1.82, 2.24) is 4.90 Å². The summed E-state index contributed by atoms with van der Waals surface area (Å²) in [5, 5.41) is 31.3. The molecule has 0 saturated carbocycles. The van der Waals surface area contributed by atoms with E-state index in [0.717, 1.165) is 41.4 Å². The molecule has 8 heteroatoms. The number of aliphatic hydroxyl groups is 2. The fourth-order valence-electron chi connectivity index (χ4n) is 5.53. The summed E-state index contributed by atoms with van der Waals surface area (Å²) in [6, 6.07) is 3.83. The van der Waals surface area contributed by atoms with E-state index in [0.29, 0.717) is 23.3 Å². The van der Waals surface area contributed by atoms with Crippen molar-refractivity contribution in [1.29, 1.82) is 0 Å². The normalized spacial score (nSPS) is 23.6. The fourth-order valence-corrected chi connectivity index (χ4v) is 5.53. The van der Waals surface area contributed by atoms with Gasteiger partial charge >= 0.3 is 6.09 Å². The number of allylic oxidation sites excluding steroid dienone is 2. The van der Waals surface area contributed by atoms with Crippen molar-refractivity contribution in [2.24, 2.45) is 17.8 Å². The van der Waals surface area contributed by atoms with Crippen molar-refractivity contribution >= 4 is 24.0 Å². The van der Waals surface area contributed by atoms with E-state index in [4.69, 9.17) is 0 Å². The molecule has 0 bridgehead atoms. The second-order valence-corrected chi connectivity index (χ2v) is 9.56. The van der Waals surface area contributed by atoms with Crippen LogP contribution in [0.2, 0.25) is 0 Å². The molecule has 8 nitrogen and oxygen atoms in total. The van der Waals surface area contributed by atoms with Crippen LogP contribution in [0.15, 0.2) is 28.9 Å². The number of phenolic OH excluding ortho intramolecular Hbond substituents is 1. The zero-order valence-corrected chi connectivity index (χ0v) is 21.0. The maximum Gasteiger partial charge on any atom is 0.423 e. The Bertz CT molecular complexity index is 1060. The Hall–Kier alpha value is -2.97. The van der Waals surface area contributed by atoms with Crippen LogP contribution in [-0.2, 0) is 14.3 Å². The number of nitrogens with zero attached hydrogens (tertiary/aromatic N) is 1. The molecule has 0 unspecified atom stereocenters. The molecule has 0 spiro atoms. The highest BCUT2D eigenvalue weighted by molar-refractivity contribution is 6.15. The molecule has 1 fully saturated rings. The number of aryl methyl sites for hydroxylation is 2. The third kappa shape index (κ3) is 5.04. The molecule has 35 heavy (non-hydrogen) atoms. The molecular weight excluding hydrogens is 450 g/mol. The SMILES string of the molecule is CC/C(=C\c1cc(C)c(O)c(C)c1)CC[C@@H](O)C1=C(C)C[C@H]2C(=O)N(C(=O)OC)C(=O)[C@H]2[C@H]1CO. The number of likely N-dealkylation sites (tertiary alicyclic amines) is 1. The van der Waals surface area contributed by atoms with Crippen LogP contribution in [-0.4, -0.2) is 57.9 Å². The number of aliphatic hydroxyl groups excluding tert-OH is 2. The summed E-state index contributed by atoms with van der Waals surface area (Å²) in [6.07, 6.45) is 2.14. The van der Waals surface area contributed by atoms with Crippen molar-refractivity contribution in [3.63, 3.8) is 0 Å². The van der Waals surface area contributed by atoms with E-state index in [-0.39, 0.29) is 12.2 Å². The Morgan fingerprint density at radius 1 is 1.20 bits per heavy atom. The number of phenols is 1. The highest BCUT2D eigenvalue weighted by Gasteiger charge is 2.56. The van der Waals surface area contributed by atoms with Gasteiger partial charge in [0.05, 0.1) is 31.7 Å². The number of rotatable bonds is 7. The number of benzene rings is 1. The van der Waals surface area contributed by atoms with Gasteiger partial charge in [-0.1, -0.05) is 24.1 Å². The van der Waals surface area contributed by atoms with E-state index < -0.39 is 48.4 Å². The second-order valence-electron chi connectivity index (χ2n) is 9.56. The lowest BCUT2D eigenvalue weighted by atomic mass is 9.68. The van der Waals surface area contributed by atoms with Crippen molar-refractivity contribution in [2.45, 2.75) is 59.5 Å². The highest BCUT2D eigenvalue weighted by Crippen LogP contribution is 2.46. The minimum absolute atomic E-state index is 0.244. The minimum Gasteiger partial charge on any atom is -0.507 e. The lowest BCUT2D eigenvalue weighted by Gasteiger charge is -2.35. The van der Waals surface area contributed by atoms with Gasteiger partial charge in [-0.05, 0) is 80.9 Å². The number of hydrogen-bond acceptors (Lipinski definition) is 7. The largest absolute Gasteiger partial charge is 0.507 e. The van der Waals surface area contributed by atoms with E-state index in [9.17, 15) is 29.7 Å². The van der Waals surface area contributed by atoms with Crippen LogP contribution in [0.25, 0.3) is 6.08 Å². The molecule has 3 rings (SSSR count). The molecule has 2 aliphatic rings. The predicted octanol–water partition coefficient (Wildman–Crippen LogP) is 3.64. The van der Waals surface area contributed by atoms with Gasteiger partial charge in [-0.25, -0.2) is 4.79 Å². The van der Waals surface area contributed by atoms with Gasteiger partial charge in [-0.15, -0.1) is 0 Å². The Morgan fingerprint density at radius 3 is 2.37 bits per heavy atom. The van der Waals surface area contributed by atoms with E-state index in [1.54, 1.807) is 6.92 Å². The molecule has 1 saturated heterocycles. The third-order valence-corrected chi connectivity index (χ3v) is 7.32. The predicted molar refractivity (Wildman–Crippen MR) is 130 cm³/mol. The lowest BCUT2D eigenvalue weighted by molar-refractivity contribution is -0.137. The van der Waals surface area contributed by atoms with E-state index in [2.05, 4.69) is 10.8 Å². The van der Waals surface area contributed by atoms with Crippen LogP contribution >= 0.6 is 0 Å². The molecule has 0 radical (unpaired) electrons. The number of aromatic hydroxyl groups is 1. The average Bonchev–Trinajstić information content (AvgIpc) is 3.07. The van der Waals surface area contributed by atoms with Crippen molar-refractivity contribution in [3.8, 4) is 5.75 Å². The molecule has 1 heterocycles. The number of carbonyl (C=O) groups excluding carboxylic acids is 3. The minimum atomic E-state index is -1.02. The molecule has 190 valence electrons. The van der Waals surface area contributed by atoms with Gasteiger partial charge < -0.3 is 20.1 Å². The van der Waals surface area contributed by atoms with Crippen molar-refractivity contribution in [2.75, 3.05) is 13.7 Å². The smallest absolute Gasteiger partial charge is 0.423 e. The summed E-state index contributed by atoms with van der Waals surface area (Å²) in [5.74, 6) is -3.41. The molecule has 4 atom stereocenters. The lowest BCUT2D eigenvalue weighted by Crippen LogP contribution is -2.39. The first-order chi connectivity index (χ1) is 16.5. The number of amides is 3. The Labute approximate surface area is 205 Å².